The number of imide groups is 1. The molecular formula is C16H21NO3. The van der Waals surface area contributed by atoms with E-state index in [9.17, 15) is 14.7 Å². The number of hydrogen-bond donors (Lipinski definition) is 1. The van der Waals surface area contributed by atoms with Crippen LogP contribution in [0.15, 0.2) is 18.2 Å². The van der Waals surface area contributed by atoms with Gasteiger partial charge < -0.3 is 5.11 Å². The molecule has 0 saturated carbocycles. The number of carbonyl (C=O) groups excluding carboxylic acids is 2. The van der Waals surface area contributed by atoms with Crippen molar-refractivity contribution in [1.82, 2.24) is 4.90 Å². The van der Waals surface area contributed by atoms with E-state index in [0.717, 1.165) is 29.5 Å². The smallest absolute Gasteiger partial charge is 0.229 e. The lowest BCUT2D eigenvalue weighted by molar-refractivity contribution is -0.145. The molecule has 1 N–H and O–H groups in total. The van der Waals surface area contributed by atoms with Crippen LogP contribution < -0.4 is 0 Å². The SMILES string of the molecule is Cc1cc(C)cc(C(O)CN2C(=O)CCCCC2=O)c1. The Hall–Kier alpha value is -1.68. The van der Waals surface area contributed by atoms with Crippen molar-refractivity contribution in [3.63, 3.8) is 0 Å². The Morgan fingerprint density at radius 2 is 1.55 bits per heavy atom. The fraction of sp³-hybridized carbons (Fsp3) is 0.500. The molecule has 1 aromatic carbocycles. The fourth-order valence-electron chi connectivity index (χ4n) is 2.65. The van der Waals surface area contributed by atoms with E-state index in [2.05, 4.69) is 0 Å². The summed E-state index contributed by atoms with van der Waals surface area (Å²) in [4.78, 5) is 25.1. The van der Waals surface area contributed by atoms with Gasteiger partial charge in [0.25, 0.3) is 0 Å². The van der Waals surface area contributed by atoms with Crippen molar-refractivity contribution in [2.75, 3.05) is 6.54 Å². The average Bonchev–Trinajstić information content (AvgIpc) is 2.52. The molecule has 1 fully saturated rings. The number of aliphatic hydroxyl groups is 1. The van der Waals surface area contributed by atoms with E-state index in [0.29, 0.717) is 12.8 Å². The molecule has 4 heteroatoms. The molecular weight excluding hydrogens is 254 g/mol. The maximum absolute atomic E-state index is 11.9. The van der Waals surface area contributed by atoms with Crippen molar-refractivity contribution in [1.29, 1.82) is 0 Å². The van der Waals surface area contributed by atoms with E-state index in [1.165, 1.54) is 4.90 Å². The quantitative estimate of drug-likeness (QED) is 0.861. The maximum Gasteiger partial charge on any atom is 0.229 e. The molecule has 1 aromatic rings. The van der Waals surface area contributed by atoms with Gasteiger partial charge in [0.15, 0.2) is 0 Å². The number of aliphatic hydroxyl groups excluding tert-OH is 1. The van der Waals surface area contributed by atoms with E-state index >= 15 is 0 Å². The van der Waals surface area contributed by atoms with Gasteiger partial charge in [-0.2, -0.15) is 0 Å². The van der Waals surface area contributed by atoms with Crippen molar-refractivity contribution in [3.05, 3.63) is 34.9 Å². The maximum atomic E-state index is 11.9. The summed E-state index contributed by atoms with van der Waals surface area (Å²) in [5, 5.41) is 10.3. The van der Waals surface area contributed by atoms with Crippen LogP contribution in [0.25, 0.3) is 0 Å². The first-order chi connectivity index (χ1) is 9.47. The van der Waals surface area contributed by atoms with Gasteiger partial charge in [0, 0.05) is 12.8 Å². The van der Waals surface area contributed by atoms with Crippen molar-refractivity contribution >= 4 is 11.8 Å². The number of hydrogen-bond acceptors (Lipinski definition) is 3. The molecule has 2 rings (SSSR count). The van der Waals surface area contributed by atoms with Gasteiger partial charge in [-0.25, -0.2) is 0 Å². The molecule has 1 atom stereocenters. The molecule has 20 heavy (non-hydrogen) atoms. The Morgan fingerprint density at radius 1 is 1.05 bits per heavy atom. The van der Waals surface area contributed by atoms with Crippen molar-refractivity contribution in [2.24, 2.45) is 0 Å². The minimum Gasteiger partial charge on any atom is -0.387 e. The predicted octanol–water partition coefficient (Wildman–Crippen LogP) is 2.27. The summed E-state index contributed by atoms with van der Waals surface area (Å²) in [5.41, 5.74) is 2.88. The van der Waals surface area contributed by atoms with Gasteiger partial charge in [0.05, 0.1) is 12.6 Å². The number of nitrogens with zero attached hydrogens (tertiary/aromatic N) is 1. The van der Waals surface area contributed by atoms with E-state index in [1.807, 2.05) is 32.0 Å². The molecule has 1 aliphatic rings. The van der Waals surface area contributed by atoms with E-state index in [-0.39, 0.29) is 18.4 Å². The molecule has 4 nitrogen and oxygen atoms in total. The summed E-state index contributed by atoms with van der Waals surface area (Å²) < 4.78 is 0. The van der Waals surface area contributed by atoms with Crippen LogP contribution in [0.3, 0.4) is 0 Å². The zero-order valence-electron chi connectivity index (χ0n) is 12.1. The summed E-state index contributed by atoms with van der Waals surface area (Å²) in [7, 11) is 0. The Balaban J connectivity index is 2.14. The van der Waals surface area contributed by atoms with Gasteiger partial charge in [-0.05, 0) is 32.3 Å². The van der Waals surface area contributed by atoms with E-state index < -0.39 is 6.10 Å². The summed E-state index contributed by atoms with van der Waals surface area (Å²) in [6.45, 7) is 3.98. The molecule has 0 spiro atoms. The summed E-state index contributed by atoms with van der Waals surface area (Å²) >= 11 is 0. The van der Waals surface area contributed by atoms with E-state index in [1.54, 1.807) is 0 Å². The molecule has 2 amide bonds. The van der Waals surface area contributed by atoms with Crippen LogP contribution in [0.4, 0.5) is 0 Å². The zero-order valence-corrected chi connectivity index (χ0v) is 12.1. The minimum absolute atomic E-state index is 0.0561. The number of rotatable bonds is 3. The first kappa shape index (κ1) is 14.7. The molecule has 1 unspecified atom stereocenters. The predicted molar refractivity (Wildman–Crippen MR) is 76.1 cm³/mol. The molecule has 1 heterocycles. The fourth-order valence-corrected chi connectivity index (χ4v) is 2.65. The third kappa shape index (κ3) is 3.45. The van der Waals surface area contributed by atoms with Crippen LogP contribution in [0.1, 0.15) is 48.5 Å². The lowest BCUT2D eigenvalue weighted by atomic mass is 10.0. The van der Waals surface area contributed by atoms with Gasteiger partial charge in [-0.15, -0.1) is 0 Å². The highest BCUT2D eigenvalue weighted by atomic mass is 16.3. The number of aryl methyl sites for hydroxylation is 2. The molecule has 0 bridgehead atoms. The van der Waals surface area contributed by atoms with E-state index in [4.69, 9.17) is 0 Å². The Bertz CT molecular complexity index is 486. The van der Waals surface area contributed by atoms with Crippen LogP contribution in [-0.4, -0.2) is 28.4 Å². The highest BCUT2D eigenvalue weighted by molar-refractivity contribution is 5.96. The minimum atomic E-state index is -0.820. The number of benzene rings is 1. The first-order valence-corrected chi connectivity index (χ1v) is 7.07. The third-order valence-electron chi connectivity index (χ3n) is 3.62. The highest BCUT2D eigenvalue weighted by Gasteiger charge is 2.26. The van der Waals surface area contributed by atoms with Crippen molar-refractivity contribution < 1.29 is 14.7 Å². The van der Waals surface area contributed by atoms with Crippen molar-refractivity contribution in [2.45, 2.75) is 45.6 Å². The molecule has 0 aromatic heterocycles. The Kier molecular flexibility index (Phi) is 4.55. The number of likely N-dealkylation sites (tertiary alicyclic amines) is 1. The third-order valence-corrected chi connectivity index (χ3v) is 3.62. The lowest BCUT2D eigenvalue weighted by Crippen LogP contribution is -2.38. The number of β-amino-alcohol motifs (C(OH)–C–C–N with tert-alkyl or cyclic N) is 1. The largest absolute Gasteiger partial charge is 0.387 e. The molecule has 0 aliphatic carbocycles. The van der Waals surface area contributed by atoms with Gasteiger partial charge in [0.1, 0.15) is 0 Å². The second kappa shape index (κ2) is 6.18. The van der Waals surface area contributed by atoms with Gasteiger partial charge in [0.2, 0.25) is 11.8 Å². The molecule has 1 aliphatic heterocycles. The standard InChI is InChI=1S/C16H21NO3/c1-11-7-12(2)9-13(8-11)14(18)10-17-15(19)5-3-4-6-16(17)20/h7-9,14,18H,3-6,10H2,1-2H3. The summed E-state index contributed by atoms with van der Waals surface area (Å²) in [5.74, 6) is -0.341. The van der Waals surface area contributed by atoms with Gasteiger partial charge in [-0.1, -0.05) is 29.3 Å². The summed E-state index contributed by atoms with van der Waals surface area (Å²) in [6.07, 6.45) is 1.47. The van der Waals surface area contributed by atoms with Crippen LogP contribution in [0.2, 0.25) is 0 Å². The monoisotopic (exact) mass is 275 g/mol. The summed E-state index contributed by atoms with van der Waals surface area (Å²) in [6, 6.07) is 5.81. The first-order valence-electron chi connectivity index (χ1n) is 7.07. The Morgan fingerprint density at radius 3 is 2.05 bits per heavy atom. The number of carbonyl (C=O) groups is 2. The van der Waals surface area contributed by atoms with Crippen LogP contribution in [0.5, 0.6) is 0 Å². The Labute approximate surface area is 119 Å². The second-order valence-electron chi connectivity index (χ2n) is 5.54. The van der Waals surface area contributed by atoms with Crippen LogP contribution in [0, 0.1) is 13.8 Å². The highest BCUT2D eigenvalue weighted by Crippen LogP contribution is 2.21. The topological polar surface area (TPSA) is 57.6 Å². The van der Waals surface area contributed by atoms with Crippen molar-refractivity contribution in [3.8, 4) is 0 Å². The van der Waals surface area contributed by atoms with Crippen LogP contribution in [-0.2, 0) is 9.59 Å². The molecule has 108 valence electrons. The van der Waals surface area contributed by atoms with Gasteiger partial charge in [-0.3, -0.25) is 14.5 Å². The van der Waals surface area contributed by atoms with Crippen LogP contribution >= 0.6 is 0 Å². The average molecular weight is 275 g/mol. The lowest BCUT2D eigenvalue weighted by Gasteiger charge is -2.22. The number of amides is 2. The van der Waals surface area contributed by atoms with Gasteiger partial charge >= 0.3 is 0 Å². The molecule has 0 radical (unpaired) electrons. The second-order valence-corrected chi connectivity index (χ2v) is 5.54. The normalized spacial score (nSPS) is 18.1. The molecule has 1 saturated heterocycles. The zero-order chi connectivity index (χ0) is 14.7.